The Kier molecular flexibility index (Phi) is 6.00. The number of hydrogen-bond donors (Lipinski definition) is 2. The molecule has 0 bridgehead atoms. The van der Waals surface area contributed by atoms with Crippen LogP contribution in [0.3, 0.4) is 0 Å². The lowest BCUT2D eigenvalue weighted by Crippen LogP contribution is -2.26. The maximum absolute atomic E-state index is 14.3. The molecular weight excluding hydrogens is 369 g/mol. The van der Waals surface area contributed by atoms with E-state index in [2.05, 4.69) is 21.7 Å². The van der Waals surface area contributed by atoms with Crippen LogP contribution in [-0.2, 0) is 9.57 Å². The Bertz CT molecular complexity index is 974. The van der Waals surface area contributed by atoms with Crippen LogP contribution in [0.5, 0.6) is 0 Å². The van der Waals surface area contributed by atoms with E-state index in [-0.39, 0.29) is 18.9 Å². The number of amides is 1. The van der Waals surface area contributed by atoms with Crippen molar-refractivity contribution in [2.24, 2.45) is 0 Å². The van der Waals surface area contributed by atoms with E-state index in [9.17, 15) is 9.18 Å². The van der Waals surface area contributed by atoms with Gasteiger partial charge in [-0.3, -0.25) is 9.63 Å². The molecule has 0 aliphatic rings. The summed E-state index contributed by atoms with van der Waals surface area (Å²) in [7, 11) is 0. The van der Waals surface area contributed by atoms with Crippen molar-refractivity contribution >= 4 is 38.9 Å². The van der Waals surface area contributed by atoms with Gasteiger partial charge in [0.05, 0.1) is 34.1 Å². The van der Waals surface area contributed by atoms with Crippen LogP contribution in [0.4, 0.5) is 15.8 Å². The van der Waals surface area contributed by atoms with Crippen LogP contribution in [-0.4, -0.2) is 23.5 Å². The maximum Gasteiger partial charge on any atom is 0.276 e. The summed E-state index contributed by atoms with van der Waals surface area (Å²) in [6.07, 6.45) is 2.94. The number of aryl methyl sites for hydroxylation is 1. The molecule has 2 N–H and O–H groups in total. The van der Waals surface area contributed by atoms with Gasteiger partial charge in [0.1, 0.15) is 19.0 Å². The molecule has 140 valence electrons. The standard InChI is InChI=1S/C19H18FN3O3S/c1-3-25-8-9-26-23-19(24)13-5-7-17-14(11-21-27-17)18(13)22-16-6-4-12(2)10-15(16)20/h3-7,10-11,22H,1,8-9H2,2H3,(H,23,24). The third-order valence-corrected chi connectivity index (χ3v) is 4.52. The number of fused-ring (bicyclic) bond motifs is 1. The Hall–Kier alpha value is -2.97. The van der Waals surface area contributed by atoms with Gasteiger partial charge >= 0.3 is 0 Å². The molecular formula is C19H18FN3O3S. The molecule has 27 heavy (non-hydrogen) atoms. The molecule has 0 atom stereocenters. The summed E-state index contributed by atoms with van der Waals surface area (Å²) >= 11 is 1.29. The third kappa shape index (κ3) is 4.42. The molecule has 0 aliphatic carbocycles. The molecule has 3 aromatic rings. The summed E-state index contributed by atoms with van der Waals surface area (Å²) in [6.45, 7) is 5.65. The minimum Gasteiger partial charge on any atom is -0.499 e. The molecule has 0 saturated heterocycles. The van der Waals surface area contributed by atoms with Crippen molar-refractivity contribution in [3.63, 3.8) is 0 Å². The molecule has 6 nitrogen and oxygen atoms in total. The van der Waals surface area contributed by atoms with Crippen molar-refractivity contribution in [1.29, 1.82) is 0 Å². The van der Waals surface area contributed by atoms with E-state index in [1.54, 1.807) is 30.5 Å². The lowest BCUT2D eigenvalue weighted by atomic mass is 10.1. The van der Waals surface area contributed by atoms with Crippen molar-refractivity contribution in [2.45, 2.75) is 6.92 Å². The molecule has 0 fully saturated rings. The Balaban J connectivity index is 1.87. The quantitative estimate of drug-likeness (QED) is 0.342. The number of rotatable bonds is 8. The molecule has 0 saturated carbocycles. The first-order chi connectivity index (χ1) is 13.1. The van der Waals surface area contributed by atoms with Crippen LogP contribution in [0, 0.1) is 12.7 Å². The normalized spacial score (nSPS) is 10.6. The van der Waals surface area contributed by atoms with E-state index in [1.807, 2.05) is 6.92 Å². The minimum absolute atomic E-state index is 0.162. The highest BCUT2D eigenvalue weighted by atomic mass is 32.1. The molecule has 1 heterocycles. The van der Waals surface area contributed by atoms with Gasteiger partial charge in [-0.25, -0.2) is 9.87 Å². The lowest BCUT2D eigenvalue weighted by Gasteiger charge is -2.14. The summed E-state index contributed by atoms with van der Waals surface area (Å²) < 4.78 is 24.2. The highest BCUT2D eigenvalue weighted by Crippen LogP contribution is 2.33. The second kappa shape index (κ2) is 8.61. The summed E-state index contributed by atoms with van der Waals surface area (Å²) in [5.41, 5.74) is 4.22. The third-order valence-electron chi connectivity index (χ3n) is 3.75. The number of hydrogen-bond acceptors (Lipinski definition) is 6. The zero-order chi connectivity index (χ0) is 19.2. The van der Waals surface area contributed by atoms with E-state index < -0.39 is 11.7 Å². The molecule has 0 unspecified atom stereocenters. The highest BCUT2D eigenvalue weighted by Gasteiger charge is 2.17. The zero-order valence-electron chi connectivity index (χ0n) is 14.6. The number of carbonyl (C=O) groups excluding carboxylic acids is 1. The van der Waals surface area contributed by atoms with E-state index in [0.29, 0.717) is 11.3 Å². The van der Waals surface area contributed by atoms with Crippen molar-refractivity contribution in [3.05, 3.63) is 66.3 Å². The average Bonchev–Trinajstić information content (AvgIpc) is 3.13. The van der Waals surface area contributed by atoms with Gasteiger partial charge in [0, 0.05) is 5.39 Å². The number of ether oxygens (including phenoxy) is 1. The first-order valence-electron chi connectivity index (χ1n) is 8.15. The number of nitrogens with zero attached hydrogens (tertiary/aromatic N) is 1. The number of carbonyl (C=O) groups is 1. The van der Waals surface area contributed by atoms with Crippen LogP contribution in [0.1, 0.15) is 15.9 Å². The molecule has 0 spiro atoms. The summed E-state index contributed by atoms with van der Waals surface area (Å²) in [5.74, 6) is -0.865. The smallest absolute Gasteiger partial charge is 0.276 e. The Morgan fingerprint density at radius 2 is 2.19 bits per heavy atom. The fraction of sp³-hybridized carbons (Fsp3) is 0.158. The van der Waals surface area contributed by atoms with Gasteiger partial charge in [0.25, 0.3) is 5.91 Å². The predicted octanol–water partition coefficient (Wildman–Crippen LogP) is 4.31. The summed E-state index contributed by atoms with van der Waals surface area (Å²) in [4.78, 5) is 17.6. The minimum atomic E-state index is -0.461. The number of halogens is 1. The number of hydroxylamine groups is 1. The van der Waals surface area contributed by atoms with Gasteiger partial charge in [-0.2, -0.15) is 4.37 Å². The van der Waals surface area contributed by atoms with E-state index >= 15 is 0 Å². The van der Waals surface area contributed by atoms with Gasteiger partial charge in [0.15, 0.2) is 0 Å². The van der Waals surface area contributed by atoms with Crippen LogP contribution in [0.25, 0.3) is 10.1 Å². The zero-order valence-corrected chi connectivity index (χ0v) is 15.4. The first kappa shape index (κ1) is 18.8. The Morgan fingerprint density at radius 3 is 2.96 bits per heavy atom. The topological polar surface area (TPSA) is 72.5 Å². The SMILES string of the molecule is C=COCCONC(=O)c1ccc2sncc2c1Nc1ccc(C)cc1F. The maximum atomic E-state index is 14.3. The average molecular weight is 387 g/mol. The highest BCUT2D eigenvalue weighted by molar-refractivity contribution is 7.13. The summed E-state index contributed by atoms with van der Waals surface area (Å²) in [6, 6.07) is 8.29. The monoisotopic (exact) mass is 387 g/mol. The van der Waals surface area contributed by atoms with Gasteiger partial charge < -0.3 is 10.1 Å². The van der Waals surface area contributed by atoms with Crippen molar-refractivity contribution in [3.8, 4) is 0 Å². The van der Waals surface area contributed by atoms with E-state index in [1.165, 1.54) is 23.9 Å². The second-order valence-electron chi connectivity index (χ2n) is 5.65. The predicted molar refractivity (Wildman–Crippen MR) is 104 cm³/mol. The van der Waals surface area contributed by atoms with Crippen molar-refractivity contribution < 1.29 is 18.8 Å². The number of aromatic nitrogens is 1. The van der Waals surface area contributed by atoms with Crippen LogP contribution < -0.4 is 10.8 Å². The molecule has 1 amide bonds. The Morgan fingerprint density at radius 1 is 1.33 bits per heavy atom. The largest absolute Gasteiger partial charge is 0.499 e. The second-order valence-corrected chi connectivity index (χ2v) is 6.48. The molecule has 0 radical (unpaired) electrons. The van der Waals surface area contributed by atoms with Crippen molar-refractivity contribution in [1.82, 2.24) is 9.85 Å². The van der Waals surface area contributed by atoms with Gasteiger partial charge in [-0.1, -0.05) is 12.6 Å². The van der Waals surface area contributed by atoms with Crippen molar-refractivity contribution in [2.75, 3.05) is 18.5 Å². The van der Waals surface area contributed by atoms with Gasteiger partial charge in [-0.15, -0.1) is 0 Å². The Labute approximate surface area is 159 Å². The molecule has 3 rings (SSSR count). The lowest BCUT2D eigenvalue weighted by molar-refractivity contribution is 0.0145. The molecule has 8 heteroatoms. The summed E-state index contributed by atoms with van der Waals surface area (Å²) in [5, 5.41) is 3.75. The first-order valence-corrected chi connectivity index (χ1v) is 8.92. The van der Waals surface area contributed by atoms with E-state index in [4.69, 9.17) is 9.57 Å². The number of anilines is 2. The van der Waals surface area contributed by atoms with Crippen LogP contribution in [0.2, 0.25) is 0 Å². The fourth-order valence-corrected chi connectivity index (χ4v) is 3.12. The number of benzene rings is 2. The fourth-order valence-electron chi connectivity index (χ4n) is 2.47. The molecule has 0 aliphatic heterocycles. The molecule has 1 aromatic heterocycles. The van der Waals surface area contributed by atoms with Gasteiger partial charge in [0.2, 0.25) is 0 Å². The van der Waals surface area contributed by atoms with E-state index in [0.717, 1.165) is 15.6 Å². The molecule has 2 aromatic carbocycles. The number of nitrogens with one attached hydrogen (secondary N) is 2. The van der Waals surface area contributed by atoms with Crippen LogP contribution >= 0.6 is 11.5 Å². The van der Waals surface area contributed by atoms with Crippen LogP contribution in [0.15, 0.2) is 49.4 Å². The van der Waals surface area contributed by atoms with Gasteiger partial charge in [-0.05, 0) is 48.3 Å².